The first kappa shape index (κ1) is 38.9. The van der Waals surface area contributed by atoms with Crippen LogP contribution in [-0.4, -0.2) is 72.1 Å². The summed E-state index contributed by atoms with van der Waals surface area (Å²) in [5.41, 5.74) is 2.56. The number of aromatic nitrogens is 1. The van der Waals surface area contributed by atoms with E-state index in [0.717, 1.165) is 80.1 Å². The van der Waals surface area contributed by atoms with Gasteiger partial charge in [-0.05, 0) is 130 Å². The van der Waals surface area contributed by atoms with Crippen molar-refractivity contribution in [3.63, 3.8) is 0 Å². The first-order chi connectivity index (χ1) is 26.4. The number of likely N-dealkylation sites (tertiary alicyclic amines) is 2. The highest BCUT2D eigenvalue weighted by molar-refractivity contribution is 6.32. The molecule has 0 bridgehead atoms. The van der Waals surface area contributed by atoms with Gasteiger partial charge in [0.15, 0.2) is 0 Å². The number of amides is 2. The molecule has 7 rings (SSSR count). The molecule has 3 aromatic carbocycles. The van der Waals surface area contributed by atoms with Crippen LogP contribution in [0.25, 0.3) is 21.9 Å². The highest BCUT2D eigenvalue weighted by atomic mass is 35.5. The van der Waals surface area contributed by atoms with Crippen molar-refractivity contribution < 1.29 is 27.5 Å². The minimum Gasteiger partial charge on any atom is -0.496 e. The van der Waals surface area contributed by atoms with Gasteiger partial charge in [-0.25, -0.2) is 0 Å². The van der Waals surface area contributed by atoms with Gasteiger partial charge in [-0.3, -0.25) is 24.6 Å². The van der Waals surface area contributed by atoms with Crippen LogP contribution in [0.15, 0.2) is 65.6 Å². The maximum Gasteiger partial charge on any atom is 0.416 e. The summed E-state index contributed by atoms with van der Waals surface area (Å²) in [7, 11) is 3.41. The van der Waals surface area contributed by atoms with E-state index in [1.165, 1.54) is 0 Å². The van der Waals surface area contributed by atoms with E-state index in [1.807, 2.05) is 42.6 Å². The van der Waals surface area contributed by atoms with E-state index in [-0.39, 0.29) is 35.9 Å². The molecule has 2 N–H and O–H groups in total. The van der Waals surface area contributed by atoms with Gasteiger partial charge in [0, 0.05) is 53.4 Å². The van der Waals surface area contributed by atoms with Crippen LogP contribution in [-0.2, 0) is 29.4 Å². The molecule has 1 atom stereocenters. The van der Waals surface area contributed by atoms with E-state index >= 15 is 0 Å². The molecule has 0 saturated carbocycles. The lowest BCUT2D eigenvalue weighted by atomic mass is 9.85. The summed E-state index contributed by atoms with van der Waals surface area (Å²) in [6.07, 6.45) is 2.19. The van der Waals surface area contributed by atoms with Gasteiger partial charge >= 0.3 is 6.18 Å². The van der Waals surface area contributed by atoms with Crippen LogP contribution in [0.2, 0.25) is 5.02 Å². The smallest absolute Gasteiger partial charge is 0.416 e. The third-order valence-corrected chi connectivity index (χ3v) is 12.0. The second-order valence-electron chi connectivity index (χ2n) is 15.2. The molecule has 3 saturated heterocycles. The van der Waals surface area contributed by atoms with Crippen molar-refractivity contribution in [2.75, 3.05) is 45.2 Å². The second-order valence-corrected chi connectivity index (χ2v) is 15.6. The number of carbonyl (C=O) groups excluding carboxylic acids is 2. The Morgan fingerprint density at radius 1 is 0.909 bits per heavy atom. The minimum absolute atomic E-state index is 0.0489. The fourth-order valence-electron chi connectivity index (χ4n) is 8.52. The topological polar surface area (TPSA) is 95.9 Å². The van der Waals surface area contributed by atoms with Crippen molar-refractivity contribution in [2.45, 2.75) is 69.6 Å². The Kier molecular flexibility index (Phi) is 11.6. The molecule has 0 spiro atoms. The number of hydrogen-bond donors (Lipinski definition) is 2. The monoisotopic (exact) mass is 777 g/mol. The Labute approximate surface area is 323 Å². The Bertz CT molecular complexity index is 2120. The number of imide groups is 1. The Hall–Kier alpha value is -4.39. The number of pyridine rings is 1. The van der Waals surface area contributed by atoms with Crippen molar-refractivity contribution in [3.8, 4) is 16.9 Å². The van der Waals surface area contributed by atoms with Crippen molar-refractivity contribution >= 4 is 39.9 Å². The van der Waals surface area contributed by atoms with Crippen molar-refractivity contribution in [1.29, 1.82) is 0 Å². The lowest BCUT2D eigenvalue weighted by Crippen LogP contribution is -2.47. The number of rotatable bonds is 10. The summed E-state index contributed by atoms with van der Waals surface area (Å²) >= 11 is 6.94. The fourth-order valence-corrected chi connectivity index (χ4v) is 8.79. The van der Waals surface area contributed by atoms with Crippen LogP contribution < -0.4 is 20.9 Å². The predicted octanol–water partition coefficient (Wildman–Crippen LogP) is 7.59. The van der Waals surface area contributed by atoms with Crippen LogP contribution >= 0.6 is 11.6 Å². The molecule has 13 heteroatoms. The summed E-state index contributed by atoms with van der Waals surface area (Å²) in [5, 5.41) is 7.27. The van der Waals surface area contributed by atoms with E-state index in [2.05, 4.69) is 20.4 Å². The average molecular weight is 778 g/mol. The molecule has 292 valence electrons. The molecule has 3 aliphatic rings. The van der Waals surface area contributed by atoms with Gasteiger partial charge in [-0.2, -0.15) is 13.2 Å². The van der Waals surface area contributed by atoms with E-state index in [1.54, 1.807) is 30.9 Å². The molecule has 3 aliphatic heterocycles. The van der Waals surface area contributed by atoms with Gasteiger partial charge in [0.2, 0.25) is 11.8 Å². The van der Waals surface area contributed by atoms with Gasteiger partial charge in [0.25, 0.3) is 5.56 Å². The van der Waals surface area contributed by atoms with Gasteiger partial charge in [-0.15, -0.1) is 0 Å². The zero-order valence-corrected chi connectivity index (χ0v) is 31.9. The maximum absolute atomic E-state index is 14.3. The fraction of sp³-hybridized carbons (Fsp3) is 0.452. The number of ether oxygens (including phenoxy) is 1. The normalized spacial score (nSPS) is 19.5. The van der Waals surface area contributed by atoms with Crippen LogP contribution in [0.4, 0.5) is 18.9 Å². The molecule has 3 fully saturated rings. The molecule has 0 radical (unpaired) electrons. The number of aryl methyl sites for hydroxylation is 1. The van der Waals surface area contributed by atoms with Crippen molar-refractivity contribution in [3.05, 3.63) is 92.9 Å². The molecule has 2 amide bonds. The highest BCUT2D eigenvalue weighted by Crippen LogP contribution is 2.41. The third-order valence-electron chi connectivity index (χ3n) is 11.7. The first-order valence-corrected chi connectivity index (χ1v) is 19.5. The average Bonchev–Trinajstić information content (AvgIpc) is 3.17. The number of halogens is 4. The summed E-state index contributed by atoms with van der Waals surface area (Å²) in [6.45, 7) is 4.98. The maximum atomic E-state index is 14.3. The van der Waals surface area contributed by atoms with Gasteiger partial charge in [0.05, 0.1) is 12.7 Å². The Morgan fingerprint density at radius 2 is 1.62 bits per heavy atom. The highest BCUT2D eigenvalue weighted by Gasteiger charge is 2.37. The first-order valence-electron chi connectivity index (χ1n) is 19.1. The lowest BCUT2D eigenvalue weighted by Gasteiger charge is -2.36. The van der Waals surface area contributed by atoms with Crippen LogP contribution in [0, 0.1) is 5.92 Å². The molecule has 4 aromatic rings. The third kappa shape index (κ3) is 8.71. The number of methoxy groups -OCH3 is 1. The number of alkyl halides is 3. The minimum atomic E-state index is -4.52. The standard InChI is InChI=1S/C42H47ClF3N5O4/c1-49-24-33(31-5-3-4-6-32(31)41(49)54)28-21-36(43)34(38(22-28)55-2)25-51-17-12-26(13-18-51)11-16-50-19-14-27(15-20-50)30-8-7-29(23-35(30)42(44,45)46)47-37-9-10-39(52)48-40(37)53/h3-8,21-24,26-27,37,47H,9-20,25H2,1-2H3,(H,48,52,53). The molecule has 1 unspecified atom stereocenters. The quantitative estimate of drug-likeness (QED) is 0.160. The molecule has 4 heterocycles. The van der Waals surface area contributed by atoms with Gasteiger partial charge < -0.3 is 19.5 Å². The van der Waals surface area contributed by atoms with Gasteiger partial charge in [-0.1, -0.05) is 35.9 Å². The van der Waals surface area contributed by atoms with E-state index < -0.39 is 23.7 Å². The summed E-state index contributed by atoms with van der Waals surface area (Å²) in [6, 6.07) is 15.1. The Morgan fingerprint density at radius 3 is 2.31 bits per heavy atom. The number of fused-ring (bicyclic) bond motifs is 1. The molecular formula is C42H47ClF3N5O4. The predicted molar refractivity (Wildman–Crippen MR) is 208 cm³/mol. The SMILES string of the molecule is COc1cc(-c2cn(C)c(=O)c3ccccc23)cc(Cl)c1CN1CCC(CCN2CCC(c3ccc(NC4CCC(=O)NC4=O)cc3C(F)(F)F)CC2)CC1. The van der Waals surface area contributed by atoms with Crippen LogP contribution in [0.5, 0.6) is 5.75 Å². The Balaban J connectivity index is 0.908. The molecule has 9 nitrogen and oxygen atoms in total. The molecule has 55 heavy (non-hydrogen) atoms. The van der Waals surface area contributed by atoms with Crippen molar-refractivity contribution in [1.82, 2.24) is 19.7 Å². The molecule has 1 aromatic heterocycles. The van der Waals surface area contributed by atoms with E-state index in [9.17, 15) is 27.6 Å². The lowest BCUT2D eigenvalue weighted by molar-refractivity contribution is -0.138. The summed E-state index contributed by atoms with van der Waals surface area (Å²) in [5.74, 6) is 0.205. The van der Waals surface area contributed by atoms with E-state index in [0.29, 0.717) is 47.0 Å². The van der Waals surface area contributed by atoms with Gasteiger partial charge in [0.1, 0.15) is 11.8 Å². The largest absolute Gasteiger partial charge is 0.496 e. The number of piperidine rings is 3. The second kappa shape index (κ2) is 16.4. The number of carbonyl (C=O) groups is 2. The molecule has 0 aliphatic carbocycles. The number of nitrogens with one attached hydrogen (secondary N) is 2. The van der Waals surface area contributed by atoms with Crippen LogP contribution in [0.3, 0.4) is 0 Å². The van der Waals surface area contributed by atoms with E-state index in [4.69, 9.17) is 16.3 Å². The zero-order valence-electron chi connectivity index (χ0n) is 31.2. The van der Waals surface area contributed by atoms with Crippen molar-refractivity contribution in [2.24, 2.45) is 13.0 Å². The summed E-state index contributed by atoms with van der Waals surface area (Å²) in [4.78, 5) is 41.2. The summed E-state index contributed by atoms with van der Waals surface area (Å²) < 4.78 is 50.2. The number of benzene rings is 3. The number of hydrogen-bond acceptors (Lipinski definition) is 7. The zero-order chi connectivity index (χ0) is 38.9. The number of nitrogens with zero attached hydrogens (tertiary/aromatic N) is 3. The molecular weight excluding hydrogens is 731 g/mol. The number of anilines is 1. The van der Waals surface area contributed by atoms with Crippen LogP contribution in [0.1, 0.15) is 67.6 Å².